The first-order valence-corrected chi connectivity index (χ1v) is 16.3. The summed E-state index contributed by atoms with van der Waals surface area (Å²) in [5, 5.41) is 17.1. The van der Waals surface area contributed by atoms with Crippen LogP contribution in [-0.4, -0.2) is 44.5 Å². The van der Waals surface area contributed by atoms with Crippen LogP contribution in [0.3, 0.4) is 0 Å². The van der Waals surface area contributed by atoms with Crippen molar-refractivity contribution in [3.63, 3.8) is 0 Å². The molecule has 0 atom stereocenters. The number of carbonyl (C=O) groups is 3. The molecule has 0 bridgehead atoms. The van der Waals surface area contributed by atoms with Gasteiger partial charge in [-0.25, -0.2) is 0 Å². The summed E-state index contributed by atoms with van der Waals surface area (Å²) in [6.07, 6.45) is 0.141. The number of aromatic nitrogens is 2. The van der Waals surface area contributed by atoms with E-state index in [2.05, 4.69) is 46.6 Å². The summed E-state index contributed by atoms with van der Waals surface area (Å²) in [6.45, 7) is 3.52. The van der Waals surface area contributed by atoms with E-state index in [-0.39, 0.29) is 24.4 Å². The number of rotatable bonds is 11. The highest BCUT2D eigenvalue weighted by atomic mass is 35.5. The summed E-state index contributed by atoms with van der Waals surface area (Å²) < 4.78 is 5.54. The Morgan fingerprint density at radius 3 is 2.00 bits per heavy atom. The number of anilines is 1. The van der Waals surface area contributed by atoms with Gasteiger partial charge >= 0.3 is 5.97 Å². The Hall–Kier alpha value is -6.06. The van der Waals surface area contributed by atoms with E-state index in [4.69, 9.17) is 16.1 Å². The Morgan fingerprint density at radius 1 is 0.760 bits per heavy atom. The predicted octanol–water partition coefficient (Wildman–Crippen LogP) is 8.25. The lowest BCUT2D eigenvalue weighted by Gasteiger charge is -2.21. The lowest BCUT2D eigenvalue weighted by Crippen LogP contribution is -2.35. The number of benzene rings is 5. The third-order valence-electron chi connectivity index (χ3n) is 8.16. The molecular weight excluding hydrogens is 652 g/mol. The second-order valence-corrected chi connectivity index (χ2v) is 12.4. The molecule has 0 aliphatic rings. The fourth-order valence-corrected chi connectivity index (χ4v) is 5.57. The molecule has 0 saturated heterocycles. The molecule has 0 aliphatic heterocycles. The van der Waals surface area contributed by atoms with Crippen LogP contribution in [0.25, 0.3) is 34.0 Å². The normalized spacial score (nSPS) is 10.9. The van der Waals surface area contributed by atoms with Gasteiger partial charge in [-0.3, -0.25) is 14.4 Å². The fourth-order valence-electron chi connectivity index (χ4n) is 5.37. The van der Waals surface area contributed by atoms with Gasteiger partial charge in [-0.2, -0.15) is 4.98 Å². The monoisotopic (exact) mass is 684 g/mol. The van der Waals surface area contributed by atoms with E-state index < -0.39 is 18.4 Å². The maximum atomic E-state index is 13.4. The van der Waals surface area contributed by atoms with Gasteiger partial charge in [0.25, 0.3) is 11.8 Å². The minimum absolute atomic E-state index is 0.0633. The number of carboxylic acids is 1. The van der Waals surface area contributed by atoms with E-state index in [1.54, 1.807) is 54.6 Å². The summed E-state index contributed by atoms with van der Waals surface area (Å²) in [4.78, 5) is 43.5. The molecule has 50 heavy (non-hydrogen) atoms. The maximum absolute atomic E-state index is 13.4. The Kier molecular flexibility index (Phi) is 10.2. The number of amides is 2. The minimum atomic E-state index is -1.14. The molecule has 0 fully saturated rings. The zero-order valence-corrected chi connectivity index (χ0v) is 28.1. The topological polar surface area (TPSA) is 126 Å². The Bertz CT molecular complexity index is 2140. The van der Waals surface area contributed by atoms with Gasteiger partial charge in [0.05, 0.1) is 6.42 Å². The van der Waals surface area contributed by atoms with Gasteiger partial charge in [0.2, 0.25) is 11.7 Å². The first kappa shape index (κ1) is 33.8. The number of carbonyl (C=O) groups excluding carboxylic acids is 2. The highest BCUT2D eigenvalue weighted by Crippen LogP contribution is 2.27. The number of nitrogens with one attached hydrogen (secondary N) is 1. The third-order valence-corrected chi connectivity index (χ3v) is 8.57. The third kappa shape index (κ3) is 8.32. The van der Waals surface area contributed by atoms with Gasteiger partial charge in [-0.05, 0) is 84.1 Å². The Labute approximate surface area is 294 Å². The minimum Gasteiger partial charge on any atom is -0.480 e. The van der Waals surface area contributed by atoms with Crippen molar-refractivity contribution in [1.29, 1.82) is 0 Å². The van der Waals surface area contributed by atoms with Crippen molar-refractivity contribution in [1.82, 2.24) is 15.0 Å². The molecule has 0 radical (unpaired) electrons. The molecular formula is C40H33ClN4O5. The number of hydrogen-bond donors (Lipinski definition) is 2. The number of nitrogens with zero attached hydrogens (tertiary/aromatic N) is 3. The van der Waals surface area contributed by atoms with E-state index in [9.17, 15) is 19.5 Å². The van der Waals surface area contributed by atoms with Crippen molar-refractivity contribution < 1.29 is 24.0 Å². The van der Waals surface area contributed by atoms with Crippen molar-refractivity contribution in [3.8, 4) is 34.0 Å². The predicted molar refractivity (Wildman–Crippen MR) is 193 cm³/mol. The van der Waals surface area contributed by atoms with Gasteiger partial charge in [0.15, 0.2) is 0 Å². The van der Waals surface area contributed by atoms with Crippen LogP contribution in [-0.2, 0) is 22.6 Å². The van der Waals surface area contributed by atoms with Crippen LogP contribution < -0.4 is 5.32 Å². The summed E-state index contributed by atoms with van der Waals surface area (Å²) in [7, 11) is 0. The fraction of sp³-hybridized carbons (Fsp3) is 0.125. The maximum Gasteiger partial charge on any atom is 0.323 e. The van der Waals surface area contributed by atoms with Crippen LogP contribution in [0.1, 0.15) is 32.6 Å². The molecule has 2 amide bonds. The van der Waals surface area contributed by atoms with Gasteiger partial charge < -0.3 is 19.8 Å². The molecule has 0 spiro atoms. The average Bonchev–Trinajstić information content (AvgIpc) is 3.61. The van der Waals surface area contributed by atoms with Crippen molar-refractivity contribution in [3.05, 3.63) is 148 Å². The smallest absolute Gasteiger partial charge is 0.323 e. The van der Waals surface area contributed by atoms with E-state index >= 15 is 0 Å². The molecule has 9 nitrogen and oxygen atoms in total. The highest BCUT2D eigenvalue weighted by Gasteiger charge is 2.20. The zero-order chi connectivity index (χ0) is 35.2. The molecule has 1 heterocycles. The first-order chi connectivity index (χ1) is 24.1. The summed E-state index contributed by atoms with van der Waals surface area (Å²) in [5.41, 5.74) is 8.14. The summed E-state index contributed by atoms with van der Waals surface area (Å²) >= 11 is 6.17. The van der Waals surface area contributed by atoms with Crippen LogP contribution >= 0.6 is 11.6 Å². The van der Waals surface area contributed by atoms with Gasteiger partial charge in [-0.1, -0.05) is 95.1 Å². The molecule has 0 aliphatic carbocycles. The van der Waals surface area contributed by atoms with E-state index in [0.717, 1.165) is 33.4 Å². The number of carboxylic acid groups (broad SMARTS) is 1. The van der Waals surface area contributed by atoms with E-state index in [1.165, 1.54) is 10.5 Å². The largest absolute Gasteiger partial charge is 0.480 e. The van der Waals surface area contributed by atoms with Crippen LogP contribution in [0, 0.1) is 13.8 Å². The quantitative estimate of drug-likeness (QED) is 0.141. The number of aryl methyl sites for hydroxylation is 2. The van der Waals surface area contributed by atoms with E-state index in [0.29, 0.717) is 28.0 Å². The highest BCUT2D eigenvalue weighted by molar-refractivity contribution is 6.31. The molecule has 250 valence electrons. The average molecular weight is 685 g/mol. The van der Waals surface area contributed by atoms with Gasteiger partial charge in [0.1, 0.15) is 6.54 Å². The van der Waals surface area contributed by atoms with Crippen LogP contribution in [0.15, 0.2) is 120 Å². The number of hydrogen-bond acceptors (Lipinski definition) is 6. The Balaban J connectivity index is 1.08. The summed E-state index contributed by atoms with van der Waals surface area (Å²) in [6, 6.07) is 35.2. The molecule has 5 aromatic carbocycles. The number of halogens is 1. The van der Waals surface area contributed by atoms with Crippen LogP contribution in [0.5, 0.6) is 0 Å². The lowest BCUT2D eigenvalue weighted by molar-refractivity contribution is -0.137. The van der Waals surface area contributed by atoms with Crippen LogP contribution in [0.2, 0.25) is 5.02 Å². The molecule has 10 heteroatoms. The molecule has 6 rings (SSSR count). The van der Waals surface area contributed by atoms with Gasteiger partial charge in [0, 0.05) is 33.9 Å². The second kappa shape index (κ2) is 15.0. The SMILES string of the molecule is Cc1ccc(-c2ccc(-c3nc(-c4ccc(CN(CC(=O)O)C(=O)c5ccc(NC(=O)Cc6ccc(C)c(Cl)c6)cc5)cc4)no3)cc2)cc1. The Morgan fingerprint density at radius 2 is 1.36 bits per heavy atom. The van der Waals surface area contributed by atoms with Crippen LogP contribution in [0.4, 0.5) is 5.69 Å². The zero-order valence-electron chi connectivity index (χ0n) is 27.4. The standard InChI is InChI=1S/C40H33ClN4O5/c1-25-3-9-29(10-4-25)30-13-15-32(16-14-30)39-43-38(44-50-39)31-11-7-27(8-12-31)23-45(24-37(47)48)40(49)33-17-19-34(20-18-33)42-36(46)22-28-6-5-26(2)35(41)21-28/h3-21H,22-24H2,1-2H3,(H,42,46)(H,47,48). The molecule has 2 N–H and O–H groups in total. The number of aliphatic carboxylic acids is 1. The lowest BCUT2D eigenvalue weighted by atomic mass is 10.0. The summed E-state index contributed by atoms with van der Waals surface area (Å²) in [5.74, 6) is -1.03. The van der Waals surface area contributed by atoms with Crippen molar-refractivity contribution in [2.75, 3.05) is 11.9 Å². The molecule has 0 unspecified atom stereocenters. The first-order valence-electron chi connectivity index (χ1n) is 15.9. The van der Waals surface area contributed by atoms with Crippen molar-refractivity contribution >= 4 is 35.1 Å². The van der Waals surface area contributed by atoms with E-state index in [1.807, 2.05) is 43.3 Å². The second-order valence-electron chi connectivity index (χ2n) is 12.0. The molecule has 1 aromatic heterocycles. The van der Waals surface area contributed by atoms with Gasteiger partial charge in [-0.15, -0.1) is 0 Å². The molecule has 6 aromatic rings. The van der Waals surface area contributed by atoms with Crippen molar-refractivity contribution in [2.45, 2.75) is 26.8 Å². The molecule has 0 saturated carbocycles. The van der Waals surface area contributed by atoms with Crippen molar-refractivity contribution in [2.24, 2.45) is 0 Å².